The maximum atomic E-state index is 12.7. The molecule has 0 aliphatic rings. The van der Waals surface area contributed by atoms with Crippen molar-refractivity contribution >= 4 is 33.9 Å². The van der Waals surface area contributed by atoms with E-state index in [9.17, 15) is 13.2 Å². The fraction of sp³-hybridized carbons (Fsp3) is 0.364. The molecule has 2 aromatic carbocycles. The highest BCUT2D eigenvalue weighted by Gasteiger charge is 2.18. The molecule has 0 bridgehead atoms. The quantitative estimate of drug-likeness (QED) is 0.428. The fourth-order valence-corrected chi connectivity index (χ4v) is 4.36. The minimum absolute atomic E-state index is 0.202. The van der Waals surface area contributed by atoms with Gasteiger partial charge in [0.2, 0.25) is 0 Å². The average Bonchev–Trinajstić information content (AvgIpc) is 2.73. The van der Waals surface area contributed by atoms with Gasteiger partial charge in [-0.2, -0.15) is 8.42 Å². The third kappa shape index (κ3) is 6.97. The Morgan fingerprint density at radius 1 is 1.19 bits per heavy atom. The van der Waals surface area contributed by atoms with Crippen LogP contribution in [0.3, 0.4) is 0 Å². The van der Waals surface area contributed by atoms with Gasteiger partial charge in [-0.15, -0.1) is 4.40 Å². The molecule has 2 rings (SSSR count). The first-order chi connectivity index (χ1) is 14.7. The molecule has 0 aliphatic heterocycles. The summed E-state index contributed by atoms with van der Waals surface area (Å²) in [6.45, 7) is 2.31. The first-order valence-electron chi connectivity index (χ1n) is 9.88. The van der Waals surface area contributed by atoms with Crippen molar-refractivity contribution in [3.05, 3.63) is 58.1 Å². The zero-order chi connectivity index (χ0) is 23.0. The number of amides is 1. The molecule has 0 saturated heterocycles. The van der Waals surface area contributed by atoms with Crippen molar-refractivity contribution in [1.82, 2.24) is 10.2 Å². The number of methoxy groups -OCH3 is 1. The van der Waals surface area contributed by atoms with E-state index in [0.29, 0.717) is 35.7 Å². The lowest BCUT2D eigenvalue weighted by Gasteiger charge is -2.12. The smallest absolute Gasteiger partial charge is 0.283 e. The summed E-state index contributed by atoms with van der Waals surface area (Å²) in [7, 11) is 1.08. The molecule has 0 fully saturated rings. The lowest BCUT2D eigenvalue weighted by molar-refractivity contribution is 0.0951. The molecule has 0 atom stereocenters. The van der Waals surface area contributed by atoms with Crippen LogP contribution in [0.2, 0.25) is 5.02 Å². The second-order valence-electron chi connectivity index (χ2n) is 7.20. The van der Waals surface area contributed by atoms with Gasteiger partial charge >= 0.3 is 0 Å². The minimum atomic E-state index is -3.82. The predicted octanol–water partition coefficient (Wildman–Crippen LogP) is 3.55. The topological polar surface area (TPSA) is 88.1 Å². The number of aryl methyl sites for hydroxylation is 1. The van der Waals surface area contributed by atoms with Crippen LogP contribution in [0.25, 0.3) is 0 Å². The van der Waals surface area contributed by atoms with Crippen LogP contribution in [-0.2, 0) is 22.9 Å². The lowest BCUT2D eigenvalue weighted by Crippen LogP contribution is -2.26. The molecule has 7 nitrogen and oxygen atoms in total. The normalized spacial score (nSPS) is 11.5. The molecule has 1 N–H and O–H groups in total. The van der Waals surface area contributed by atoms with Crippen LogP contribution < -0.4 is 10.1 Å². The van der Waals surface area contributed by atoms with Gasteiger partial charge in [0.1, 0.15) is 12.1 Å². The van der Waals surface area contributed by atoms with Gasteiger partial charge in [0, 0.05) is 25.7 Å². The summed E-state index contributed by atoms with van der Waals surface area (Å²) in [6, 6.07) is 10.2. The standard InChI is InChI=1S/C22H28ClN3O4S/c1-5-6-17-8-7-16(13-21(17)31(28,29)25-15-26(2)3)11-12-24-22(27)19-14-18(23)9-10-20(19)30-4/h7-10,13-15H,5-6,11-12H2,1-4H3,(H,24,27)/b25-15+. The van der Waals surface area contributed by atoms with E-state index in [1.54, 1.807) is 43.3 Å². The van der Waals surface area contributed by atoms with E-state index in [2.05, 4.69) is 9.71 Å². The summed E-state index contributed by atoms with van der Waals surface area (Å²) in [4.78, 5) is 14.3. The Morgan fingerprint density at radius 2 is 1.94 bits per heavy atom. The van der Waals surface area contributed by atoms with Crippen molar-refractivity contribution < 1.29 is 17.9 Å². The molecule has 168 valence electrons. The second-order valence-corrected chi connectivity index (χ2v) is 9.24. The van der Waals surface area contributed by atoms with E-state index in [1.807, 2.05) is 19.1 Å². The number of nitrogens with one attached hydrogen (secondary N) is 1. The predicted molar refractivity (Wildman–Crippen MR) is 124 cm³/mol. The van der Waals surface area contributed by atoms with E-state index >= 15 is 0 Å². The third-order valence-electron chi connectivity index (χ3n) is 4.45. The Hall–Kier alpha value is -2.58. The summed E-state index contributed by atoms with van der Waals surface area (Å²) >= 11 is 5.99. The highest BCUT2D eigenvalue weighted by molar-refractivity contribution is 7.90. The molecule has 0 aliphatic carbocycles. The molecule has 2 aromatic rings. The molecule has 0 spiro atoms. The number of hydrogen-bond acceptors (Lipinski definition) is 4. The summed E-state index contributed by atoms with van der Waals surface area (Å²) < 4.78 is 34.4. The number of benzene rings is 2. The van der Waals surface area contributed by atoms with Crippen molar-refractivity contribution in [2.45, 2.75) is 31.1 Å². The van der Waals surface area contributed by atoms with Crippen LogP contribution in [0, 0.1) is 0 Å². The number of ether oxygens (including phenoxy) is 1. The molecular formula is C22H28ClN3O4S. The van der Waals surface area contributed by atoms with Crippen molar-refractivity contribution in [2.75, 3.05) is 27.7 Å². The van der Waals surface area contributed by atoms with E-state index in [1.165, 1.54) is 13.4 Å². The molecule has 0 radical (unpaired) electrons. The molecule has 31 heavy (non-hydrogen) atoms. The lowest BCUT2D eigenvalue weighted by atomic mass is 10.1. The van der Waals surface area contributed by atoms with E-state index < -0.39 is 10.0 Å². The zero-order valence-electron chi connectivity index (χ0n) is 18.2. The maximum absolute atomic E-state index is 12.7. The van der Waals surface area contributed by atoms with Crippen LogP contribution in [0.15, 0.2) is 45.7 Å². The van der Waals surface area contributed by atoms with Crippen LogP contribution in [0.1, 0.15) is 34.8 Å². The number of halogens is 1. The highest BCUT2D eigenvalue weighted by atomic mass is 35.5. The van der Waals surface area contributed by atoms with Crippen LogP contribution in [0.5, 0.6) is 5.75 Å². The summed E-state index contributed by atoms with van der Waals surface area (Å²) in [5.74, 6) is 0.114. The minimum Gasteiger partial charge on any atom is -0.496 e. The van der Waals surface area contributed by atoms with Gasteiger partial charge in [0.05, 0.1) is 17.6 Å². The van der Waals surface area contributed by atoms with Crippen molar-refractivity contribution in [1.29, 1.82) is 0 Å². The van der Waals surface area contributed by atoms with Crippen LogP contribution in [-0.4, -0.2) is 53.3 Å². The van der Waals surface area contributed by atoms with Gasteiger partial charge in [-0.3, -0.25) is 4.79 Å². The molecule has 0 saturated carbocycles. The molecule has 0 unspecified atom stereocenters. The van der Waals surface area contributed by atoms with Crippen molar-refractivity contribution in [3.63, 3.8) is 0 Å². The van der Waals surface area contributed by atoms with Gasteiger partial charge in [-0.1, -0.05) is 37.1 Å². The first kappa shape index (κ1) is 24.7. The van der Waals surface area contributed by atoms with Crippen LogP contribution >= 0.6 is 11.6 Å². The highest BCUT2D eigenvalue weighted by Crippen LogP contribution is 2.23. The Kier molecular flexibility index (Phi) is 8.88. The third-order valence-corrected chi connectivity index (χ3v) is 5.99. The van der Waals surface area contributed by atoms with Crippen molar-refractivity contribution in [2.24, 2.45) is 4.40 Å². The van der Waals surface area contributed by atoms with Gasteiger partial charge in [-0.25, -0.2) is 0 Å². The summed E-state index contributed by atoms with van der Waals surface area (Å²) in [6.07, 6.45) is 3.19. The van der Waals surface area contributed by atoms with Crippen LogP contribution in [0.4, 0.5) is 0 Å². The summed E-state index contributed by atoms with van der Waals surface area (Å²) in [5.41, 5.74) is 1.86. The molecule has 1 amide bonds. The average molecular weight is 466 g/mol. The van der Waals surface area contributed by atoms with E-state index in [4.69, 9.17) is 16.3 Å². The van der Waals surface area contributed by atoms with Gasteiger partial charge in [-0.05, 0) is 48.2 Å². The number of hydrogen-bond donors (Lipinski definition) is 1. The fourth-order valence-electron chi connectivity index (χ4n) is 2.96. The SMILES string of the molecule is CCCc1ccc(CCNC(=O)c2cc(Cl)ccc2OC)cc1S(=O)(=O)/N=C/N(C)C. The molecule has 0 aromatic heterocycles. The first-order valence-corrected chi connectivity index (χ1v) is 11.7. The van der Waals surface area contributed by atoms with E-state index in [-0.39, 0.29) is 10.8 Å². The molecular weight excluding hydrogens is 438 g/mol. The zero-order valence-corrected chi connectivity index (χ0v) is 19.8. The number of nitrogens with zero attached hydrogens (tertiary/aromatic N) is 2. The number of rotatable bonds is 10. The number of sulfonamides is 1. The largest absolute Gasteiger partial charge is 0.496 e. The van der Waals surface area contributed by atoms with Crippen molar-refractivity contribution in [3.8, 4) is 5.75 Å². The van der Waals surface area contributed by atoms with Gasteiger partial charge < -0.3 is 15.0 Å². The van der Waals surface area contributed by atoms with Gasteiger partial charge in [0.15, 0.2) is 0 Å². The number of carbonyl (C=O) groups is 1. The Morgan fingerprint density at radius 3 is 2.58 bits per heavy atom. The molecule has 0 heterocycles. The Balaban J connectivity index is 2.17. The Bertz CT molecular complexity index is 1050. The van der Waals surface area contributed by atoms with Gasteiger partial charge in [0.25, 0.3) is 15.9 Å². The molecule has 9 heteroatoms. The van der Waals surface area contributed by atoms with E-state index in [0.717, 1.165) is 17.5 Å². The Labute approximate surface area is 189 Å². The monoisotopic (exact) mass is 465 g/mol. The second kappa shape index (κ2) is 11.2. The summed E-state index contributed by atoms with van der Waals surface area (Å²) in [5, 5.41) is 3.26. The number of carbonyl (C=O) groups excluding carboxylic acids is 1. The maximum Gasteiger partial charge on any atom is 0.283 e.